The zero-order valence-corrected chi connectivity index (χ0v) is 23.4. The molecule has 1 atom stereocenters. The van der Waals surface area contributed by atoms with Gasteiger partial charge in [-0.1, -0.05) is 52.1 Å². The zero-order chi connectivity index (χ0) is 25.6. The molecule has 186 valence electrons. The fraction of sp³-hybridized carbons (Fsp3) is 0.391. The Morgan fingerprint density at radius 1 is 1.15 bits per heavy atom. The van der Waals surface area contributed by atoms with Crippen molar-refractivity contribution in [2.75, 3.05) is 23.7 Å². The predicted octanol–water partition coefficient (Wildman–Crippen LogP) is 4.77. The van der Waals surface area contributed by atoms with Crippen LogP contribution in [-0.2, 0) is 26.2 Å². The van der Waals surface area contributed by atoms with Crippen LogP contribution in [0.25, 0.3) is 0 Å². The third kappa shape index (κ3) is 7.34. The Hall–Kier alpha value is -1.81. The Balaban J connectivity index is 2.45. The third-order valence-electron chi connectivity index (χ3n) is 5.22. The first-order chi connectivity index (χ1) is 15.9. The van der Waals surface area contributed by atoms with E-state index in [2.05, 4.69) is 21.2 Å². The molecule has 0 aliphatic carbocycles. The maximum absolute atomic E-state index is 13.5. The van der Waals surface area contributed by atoms with E-state index in [-0.39, 0.29) is 12.5 Å². The SMILES string of the molecule is CCCNC(=O)[C@H](C)N(Cc1c(Cl)cccc1Cl)C(=O)CN(c1ccc(Br)c(C)c1)S(C)(=O)=O. The first-order valence-electron chi connectivity index (χ1n) is 10.6. The molecular formula is C23H28BrCl2N3O4S. The van der Waals surface area contributed by atoms with Gasteiger partial charge in [-0.2, -0.15) is 0 Å². The van der Waals surface area contributed by atoms with E-state index >= 15 is 0 Å². The highest BCUT2D eigenvalue weighted by Gasteiger charge is 2.31. The molecule has 11 heteroatoms. The molecule has 7 nitrogen and oxygen atoms in total. The molecular weight excluding hydrogens is 565 g/mol. The minimum absolute atomic E-state index is 0.0605. The fourth-order valence-electron chi connectivity index (χ4n) is 3.23. The summed E-state index contributed by atoms with van der Waals surface area (Å²) in [6.45, 7) is 5.22. The second-order valence-electron chi connectivity index (χ2n) is 7.89. The van der Waals surface area contributed by atoms with E-state index in [1.807, 2.05) is 13.8 Å². The maximum Gasteiger partial charge on any atom is 0.244 e. The lowest BCUT2D eigenvalue weighted by atomic mass is 10.1. The van der Waals surface area contributed by atoms with Gasteiger partial charge in [-0.05, 0) is 56.2 Å². The number of anilines is 1. The minimum atomic E-state index is -3.81. The highest BCUT2D eigenvalue weighted by molar-refractivity contribution is 9.10. The van der Waals surface area contributed by atoms with Gasteiger partial charge in [0.05, 0.1) is 11.9 Å². The molecule has 0 aliphatic heterocycles. The van der Waals surface area contributed by atoms with Crippen LogP contribution < -0.4 is 9.62 Å². The summed E-state index contributed by atoms with van der Waals surface area (Å²) < 4.78 is 27.1. The van der Waals surface area contributed by atoms with Crippen molar-refractivity contribution in [1.29, 1.82) is 0 Å². The van der Waals surface area contributed by atoms with Crippen LogP contribution in [-0.4, -0.2) is 50.5 Å². The summed E-state index contributed by atoms with van der Waals surface area (Å²) in [5.74, 6) is -0.926. The minimum Gasteiger partial charge on any atom is -0.354 e. The number of sulfonamides is 1. The van der Waals surface area contributed by atoms with E-state index in [0.29, 0.717) is 27.8 Å². The van der Waals surface area contributed by atoms with Crippen LogP contribution >= 0.6 is 39.1 Å². The van der Waals surface area contributed by atoms with Crippen LogP contribution in [0.5, 0.6) is 0 Å². The molecule has 2 rings (SSSR count). The highest BCUT2D eigenvalue weighted by atomic mass is 79.9. The summed E-state index contributed by atoms with van der Waals surface area (Å²) in [4.78, 5) is 27.5. The lowest BCUT2D eigenvalue weighted by Crippen LogP contribution is -2.51. The number of carbonyl (C=O) groups excluding carboxylic acids is 2. The number of rotatable bonds is 10. The number of nitrogens with zero attached hydrogens (tertiary/aromatic N) is 2. The number of hydrogen-bond donors (Lipinski definition) is 1. The van der Waals surface area contributed by atoms with E-state index in [1.165, 1.54) is 4.90 Å². The average molecular weight is 593 g/mol. The zero-order valence-electron chi connectivity index (χ0n) is 19.4. The molecule has 2 amide bonds. The Morgan fingerprint density at radius 3 is 2.29 bits per heavy atom. The van der Waals surface area contributed by atoms with E-state index in [4.69, 9.17) is 23.2 Å². The van der Waals surface area contributed by atoms with Crippen LogP contribution in [0, 0.1) is 6.92 Å². The number of nitrogens with one attached hydrogen (secondary N) is 1. The van der Waals surface area contributed by atoms with E-state index in [0.717, 1.165) is 27.0 Å². The molecule has 2 aromatic rings. The van der Waals surface area contributed by atoms with Gasteiger partial charge in [-0.3, -0.25) is 13.9 Å². The van der Waals surface area contributed by atoms with Crippen LogP contribution in [0.3, 0.4) is 0 Å². The molecule has 34 heavy (non-hydrogen) atoms. The molecule has 2 aromatic carbocycles. The second kappa shape index (κ2) is 12.2. The van der Waals surface area contributed by atoms with Crippen molar-refractivity contribution in [2.45, 2.75) is 39.8 Å². The molecule has 0 saturated heterocycles. The highest BCUT2D eigenvalue weighted by Crippen LogP contribution is 2.28. The Kier molecular flexibility index (Phi) is 10.2. The van der Waals surface area contributed by atoms with Crippen LogP contribution in [0.2, 0.25) is 10.0 Å². The molecule has 0 heterocycles. The lowest BCUT2D eigenvalue weighted by Gasteiger charge is -2.32. The molecule has 0 spiro atoms. The molecule has 0 fully saturated rings. The smallest absolute Gasteiger partial charge is 0.244 e. The van der Waals surface area contributed by atoms with Gasteiger partial charge in [0.15, 0.2) is 0 Å². The monoisotopic (exact) mass is 591 g/mol. The van der Waals surface area contributed by atoms with Crippen molar-refractivity contribution >= 4 is 66.7 Å². The largest absolute Gasteiger partial charge is 0.354 e. The van der Waals surface area contributed by atoms with Gasteiger partial charge >= 0.3 is 0 Å². The summed E-state index contributed by atoms with van der Waals surface area (Å²) in [5, 5.41) is 3.46. The van der Waals surface area contributed by atoms with E-state index in [1.54, 1.807) is 43.3 Å². The van der Waals surface area contributed by atoms with Crippen LogP contribution in [0.4, 0.5) is 5.69 Å². The topological polar surface area (TPSA) is 86.8 Å². The van der Waals surface area contributed by atoms with Gasteiger partial charge in [0.25, 0.3) is 0 Å². The standard InChI is InChI=1S/C23H28BrCl2N3O4S/c1-5-11-27-23(31)16(3)28(13-18-20(25)7-6-8-21(18)26)22(30)14-29(34(4,32)33)17-9-10-19(24)15(2)12-17/h6-10,12,16H,5,11,13-14H2,1-4H3,(H,27,31)/t16-/m0/s1. The van der Waals surface area contributed by atoms with Gasteiger partial charge in [-0.15, -0.1) is 0 Å². The summed E-state index contributed by atoms with van der Waals surface area (Å²) in [6.07, 6.45) is 1.76. The van der Waals surface area contributed by atoms with Gasteiger partial charge < -0.3 is 10.2 Å². The van der Waals surface area contributed by atoms with Crippen LogP contribution in [0.1, 0.15) is 31.4 Å². The van der Waals surface area contributed by atoms with Gasteiger partial charge in [-0.25, -0.2) is 8.42 Å². The maximum atomic E-state index is 13.5. The van der Waals surface area contributed by atoms with Gasteiger partial charge in [0, 0.05) is 33.2 Å². The first-order valence-corrected chi connectivity index (χ1v) is 14.0. The number of amides is 2. The molecule has 0 radical (unpaired) electrons. The summed E-state index contributed by atoms with van der Waals surface area (Å²) >= 11 is 16.0. The first kappa shape index (κ1) is 28.4. The molecule has 0 aliphatic rings. The van der Waals surface area contributed by atoms with Crippen molar-refractivity contribution < 1.29 is 18.0 Å². The van der Waals surface area contributed by atoms with Crippen molar-refractivity contribution in [3.8, 4) is 0 Å². The Bertz CT molecular complexity index is 1140. The van der Waals surface area contributed by atoms with Crippen molar-refractivity contribution in [2.24, 2.45) is 0 Å². The molecule has 1 N–H and O–H groups in total. The van der Waals surface area contributed by atoms with Crippen molar-refractivity contribution in [1.82, 2.24) is 10.2 Å². The molecule has 0 aromatic heterocycles. The quantitative estimate of drug-likeness (QED) is 0.430. The fourth-order valence-corrected chi connectivity index (χ4v) is 4.84. The predicted molar refractivity (Wildman–Crippen MR) is 141 cm³/mol. The summed E-state index contributed by atoms with van der Waals surface area (Å²) in [5.41, 5.74) is 1.63. The number of aryl methyl sites for hydroxylation is 1. The molecule has 0 unspecified atom stereocenters. The van der Waals surface area contributed by atoms with Crippen LogP contribution in [0.15, 0.2) is 40.9 Å². The third-order valence-corrected chi connectivity index (χ3v) is 7.95. The summed E-state index contributed by atoms with van der Waals surface area (Å²) in [6, 6.07) is 9.07. The van der Waals surface area contributed by atoms with E-state index in [9.17, 15) is 18.0 Å². The molecule has 0 saturated carbocycles. The molecule has 0 bridgehead atoms. The average Bonchev–Trinajstić information content (AvgIpc) is 2.76. The Labute approximate surface area is 219 Å². The number of halogens is 3. The number of hydrogen-bond acceptors (Lipinski definition) is 4. The van der Waals surface area contributed by atoms with Gasteiger partial charge in [0.2, 0.25) is 21.8 Å². The number of carbonyl (C=O) groups is 2. The lowest BCUT2D eigenvalue weighted by molar-refractivity contribution is -0.139. The Morgan fingerprint density at radius 2 is 1.76 bits per heavy atom. The number of benzene rings is 2. The van der Waals surface area contributed by atoms with Crippen molar-refractivity contribution in [3.63, 3.8) is 0 Å². The van der Waals surface area contributed by atoms with Gasteiger partial charge in [0.1, 0.15) is 12.6 Å². The second-order valence-corrected chi connectivity index (χ2v) is 11.5. The normalized spacial score (nSPS) is 12.2. The van der Waals surface area contributed by atoms with E-state index < -0.39 is 28.5 Å². The summed E-state index contributed by atoms with van der Waals surface area (Å²) in [7, 11) is -3.81. The van der Waals surface area contributed by atoms with Crippen molar-refractivity contribution in [3.05, 3.63) is 62.0 Å².